The van der Waals surface area contributed by atoms with Crippen molar-refractivity contribution in [1.29, 1.82) is 0 Å². The van der Waals surface area contributed by atoms with Gasteiger partial charge in [0.25, 0.3) is 0 Å². The number of carbonyl (C=O) groups is 1. The first-order valence-corrected chi connectivity index (χ1v) is 9.87. The quantitative estimate of drug-likeness (QED) is 0.769. The molecule has 1 amide bonds. The van der Waals surface area contributed by atoms with Gasteiger partial charge in [-0.1, -0.05) is 30.1 Å². The third kappa shape index (κ3) is 4.83. The highest BCUT2D eigenvalue weighted by Gasteiger charge is 2.28. The number of hydrogen-bond acceptors (Lipinski definition) is 4. The fraction of sp³-hybridized carbons (Fsp3) is 0.533. The van der Waals surface area contributed by atoms with E-state index < -0.39 is 10.0 Å². The summed E-state index contributed by atoms with van der Waals surface area (Å²) < 4.78 is 31.9. The van der Waals surface area contributed by atoms with Crippen LogP contribution in [0.5, 0.6) is 0 Å². The van der Waals surface area contributed by atoms with E-state index in [0.29, 0.717) is 13.2 Å². The normalized spacial score (nSPS) is 18.1. The van der Waals surface area contributed by atoms with E-state index in [2.05, 4.69) is 5.32 Å². The van der Waals surface area contributed by atoms with Crippen LogP contribution < -0.4 is 5.32 Å². The van der Waals surface area contributed by atoms with Gasteiger partial charge in [-0.3, -0.25) is 4.79 Å². The molecule has 0 saturated carbocycles. The number of ether oxygens (including phenoxy) is 1. The van der Waals surface area contributed by atoms with Gasteiger partial charge in [-0.2, -0.15) is 4.31 Å². The zero-order valence-electron chi connectivity index (χ0n) is 13.3. The molecular weight excluding hydrogens is 375 g/mol. The zero-order valence-corrected chi connectivity index (χ0v) is 15.6. The lowest BCUT2D eigenvalue weighted by Crippen LogP contribution is -2.42. The van der Waals surface area contributed by atoms with Crippen LogP contribution >= 0.6 is 23.2 Å². The molecule has 0 radical (unpaired) electrons. The van der Waals surface area contributed by atoms with E-state index in [1.54, 1.807) is 6.92 Å². The molecule has 1 N–H and O–H groups in total. The Morgan fingerprint density at radius 3 is 2.79 bits per heavy atom. The van der Waals surface area contributed by atoms with Crippen molar-refractivity contribution in [2.75, 3.05) is 26.2 Å². The molecule has 134 valence electrons. The minimum Gasteiger partial charge on any atom is -0.376 e. The molecule has 1 aliphatic heterocycles. The first-order chi connectivity index (χ1) is 11.3. The van der Waals surface area contributed by atoms with E-state index >= 15 is 0 Å². The summed E-state index contributed by atoms with van der Waals surface area (Å²) in [6.45, 7) is 2.59. The number of nitrogens with one attached hydrogen (secondary N) is 1. The van der Waals surface area contributed by atoms with E-state index in [-0.39, 0.29) is 40.0 Å². The average Bonchev–Trinajstić information content (AvgIpc) is 3.06. The number of nitrogens with zero attached hydrogens (tertiary/aromatic N) is 1. The summed E-state index contributed by atoms with van der Waals surface area (Å²) >= 11 is 11.8. The fourth-order valence-electron chi connectivity index (χ4n) is 2.43. The van der Waals surface area contributed by atoms with Crippen molar-refractivity contribution in [2.24, 2.45) is 0 Å². The van der Waals surface area contributed by atoms with Gasteiger partial charge in [0.15, 0.2) is 0 Å². The average molecular weight is 395 g/mol. The molecule has 24 heavy (non-hydrogen) atoms. The van der Waals surface area contributed by atoms with Crippen molar-refractivity contribution in [3.05, 3.63) is 28.2 Å². The second kappa shape index (κ2) is 8.49. The van der Waals surface area contributed by atoms with Crippen LogP contribution in [0.3, 0.4) is 0 Å². The monoisotopic (exact) mass is 394 g/mol. The van der Waals surface area contributed by atoms with Gasteiger partial charge in [0.1, 0.15) is 4.90 Å². The van der Waals surface area contributed by atoms with E-state index in [1.807, 2.05) is 0 Å². The molecule has 1 aromatic carbocycles. The molecule has 1 fully saturated rings. The third-order valence-corrected chi connectivity index (χ3v) is 6.37. The van der Waals surface area contributed by atoms with Crippen LogP contribution in [0.15, 0.2) is 23.1 Å². The first-order valence-electron chi connectivity index (χ1n) is 7.68. The highest BCUT2D eigenvalue weighted by molar-refractivity contribution is 7.89. The molecule has 1 aliphatic rings. The standard InChI is InChI=1S/C15H20Cl2N2O4S/c1-2-19(10-15(20)18-9-12-4-3-7-23-12)24(21,22)14-8-11(16)5-6-13(14)17/h5-6,8,12H,2-4,7,9-10H2,1H3,(H,18,20)/t12-/m0/s1. The molecule has 0 aromatic heterocycles. The molecule has 0 bridgehead atoms. The molecule has 1 atom stereocenters. The van der Waals surface area contributed by atoms with Crippen molar-refractivity contribution in [3.63, 3.8) is 0 Å². The van der Waals surface area contributed by atoms with E-state index in [4.69, 9.17) is 27.9 Å². The van der Waals surface area contributed by atoms with Crippen LogP contribution in [0.4, 0.5) is 0 Å². The van der Waals surface area contributed by atoms with E-state index in [1.165, 1.54) is 18.2 Å². The summed E-state index contributed by atoms with van der Waals surface area (Å²) in [5, 5.41) is 3.04. The Balaban J connectivity index is 2.05. The molecular formula is C15H20Cl2N2O4S. The van der Waals surface area contributed by atoms with Gasteiger partial charge in [0, 0.05) is 24.7 Å². The Bertz CT molecular complexity index is 691. The lowest BCUT2D eigenvalue weighted by Gasteiger charge is -2.21. The summed E-state index contributed by atoms with van der Waals surface area (Å²) in [7, 11) is -3.91. The second-order valence-electron chi connectivity index (χ2n) is 5.45. The predicted molar refractivity (Wildman–Crippen MR) is 92.9 cm³/mol. The second-order valence-corrected chi connectivity index (χ2v) is 8.20. The number of carbonyl (C=O) groups excluding carboxylic acids is 1. The molecule has 0 unspecified atom stereocenters. The van der Waals surface area contributed by atoms with Crippen molar-refractivity contribution < 1.29 is 17.9 Å². The largest absolute Gasteiger partial charge is 0.376 e. The number of halogens is 2. The Hall–Kier alpha value is -0.860. The van der Waals surface area contributed by atoms with Crippen LogP contribution in [0.2, 0.25) is 10.0 Å². The topological polar surface area (TPSA) is 75.7 Å². The smallest absolute Gasteiger partial charge is 0.245 e. The number of benzene rings is 1. The summed E-state index contributed by atoms with van der Waals surface area (Å²) in [5.74, 6) is -0.380. The van der Waals surface area contributed by atoms with Gasteiger partial charge >= 0.3 is 0 Å². The van der Waals surface area contributed by atoms with Gasteiger partial charge < -0.3 is 10.1 Å². The minimum atomic E-state index is -3.91. The number of amides is 1. The molecule has 0 spiro atoms. The van der Waals surface area contributed by atoms with Crippen LogP contribution in [0.1, 0.15) is 19.8 Å². The molecule has 2 rings (SSSR count). The Kier molecular flexibility index (Phi) is 6.88. The van der Waals surface area contributed by atoms with Crippen molar-refractivity contribution in [3.8, 4) is 0 Å². The Morgan fingerprint density at radius 2 is 2.17 bits per heavy atom. The van der Waals surface area contributed by atoms with Crippen molar-refractivity contribution in [1.82, 2.24) is 9.62 Å². The first kappa shape index (κ1) is 19.5. The van der Waals surface area contributed by atoms with Crippen LogP contribution in [0.25, 0.3) is 0 Å². The number of hydrogen-bond donors (Lipinski definition) is 1. The van der Waals surface area contributed by atoms with Gasteiger partial charge in [-0.25, -0.2) is 8.42 Å². The molecule has 1 aromatic rings. The molecule has 9 heteroatoms. The predicted octanol–water partition coefficient (Wildman–Crippen LogP) is 2.30. The van der Waals surface area contributed by atoms with Crippen LogP contribution in [0, 0.1) is 0 Å². The van der Waals surface area contributed by atoms with Gasteiger partial charge in [0.2, 0.25) is 15.9 Å². The Labute approximate surface area is 152 Å². The summed E-state index contributed by atoms with van der Waals surface area (Å²) in [4.78, 5) is 12.0. The SMILES string of the molecule is CCN(CC(=O)NC[C@@H]1CCCO1)S(=O)(=O)c1cc(Cl)ccc1Cl. The van der Waals surface area contributed by atoms with Gasteiger partial charge in [-0.05, 0) is 31.0 Å². The number of likely N-dealkylation sites (N-methyl/N-ethyl adjacent to an activating group) is 1. The highest BCUT2D eigenvalue weighted by Crippen LogP contribution is 2.27. The molecule has 6 nitrogen and oxygen atoms in total. The van der Waals surface area contributed by atoms with E-state index in [0.717, 1.165) is 17.1 Å². The highest BCUT2D eigenvalue weighted by atomic mass is 35.5. The Morgan fingerprint density at radius 1 is 1.42 bits per heavy atom. The van der Waals surface area contributed by atoms with Crippen LogP contribution in [-0.2, 0) is 19.6 Å². The maximum atomic E-state index is 12.7. The summed E-state index contributed by atoms with van der Waals surface area (Å²) in [5.41, 5.74) is 0. The molecule has 1 saturated heterocycles. The lowest BCUT2D eigenvalue weighted by molar-refractivity contribution is -0.121. The minimum absolute atomic E-state index is 0.00279. The zero-order chi connectivity index (χ0) is 17.7. The fourth-order valence-corrected chi connectivity index (χ4v) is 4.57. The number of sulfonamides is 1. The maximum absolute atomic E-state index is 12.7. The van der Waals surface area contributed by atoms with Crippen molar-refractivity contribution in [2.45, 2.75) is 30.8 Å². The van der Waals surface area contributed by atoms with Gasteiger partial charge in [-0.15, -0.1) is 0 Å². The lowest BCUT2D eigenvalue weighted by atomic mass is 10.2. The van der Waals surface area contributed by atoms with Crippen molar-refractivity contribution >= 4 is 39.1 Å². The molecule has 1 heterocycles. The molecule has 0 aliphatic carbocycles. The van der Waals surface area contributed by atoms with Crippen LogP contribution in [-0.4, -0.2) is 51.0 Å². The maximum Gasteiger partial charge on any atom is 0.245 e. The van der Waals surface area contributed by atoms with Gasteiger partial charge in [0.05, 0.1) is 17.7 Å². The summed E-state index contributed by atoms with van der Waals surface area (Å²) in [6.07, 6.45) is 1.88. The summed E-state index contributed by atoms with van der Waals surface area (Å²) in [6, 6.07) is 4.21. The third-order valence-electron chi connectivity index (χ3n) is 3.73. The van der Waals surface area contributed by atoms with E-state index in [9.17, 15) is 13.2 Å². The number of rotatable bonds is 7.